The summed E-state index contributed by atoms with van der Waals surface area (Å²) in [5, 5.41) is 10.8. The van der Waals surface area contributed by atoms with E-state index in [0.717, 1.165) is 0 Å². The van der Waals surface area contributed by atoms with Gasteiger partial charge in [0.05, 0.1) is 24.1 Å². The highest BCUT2D eigenvalue weighted by Gasteiger charge is 2.19. The lowest BCUT2D eigenvalue weighted by atomic mass is 10.1. The van der Waals surface area contributed by atoms with Crippen LogP contribution >= 0.6 is 11.6 Å². The van der Waals surface area contributed by atoms with E-state index in [0.29, 0.717) is 17.9 Å². The van der Waals surface area contributed by atoms with Crippen molar-refractivity contribution in [3.63, 3.8) is 0 Å². The van der Waals surface area contributed by atoms with Gasteiger partial charge in [-0.25, -0.2) is 0 Å². The molecule has 0 aliphatic heterocycles. The van der Waals surface area contributed by atoms with Crippen LogP contribution < -0.4 is 5.32 Å². The molecule has 0 aliphatic rings. The molecular formula is C16H15ClN4O2. The number of aromatic nitrogens is 3. The first-order valence-corrected chi connectivity index (χ1v) is 7.42. The Morgan fingerprint density at radius 3 is 2.83 bits per heavy atom. The second kappa shape index (κ2) is 6.26. The van der Waals surface area contributed by atoms with Crippen molar-refractivity contribution < 1.29 is 9.32 Å². The van der Waals surface area contributed by atoms with Gasteiger partial charge in [0.2, 0.25) is 5.76 Å². The summed E-state index contributed by atoms with van der Waals surface area (Å²) in [4.78, 5) is 12.1. The molecular weight excluding hydrogens is 316 g/mol. The number of carbonyl (C=O) groups excluding carboxylic acids is 1. The molecule has 0 spiro atoms. The Bertz CT molecular complexity index is 853. The molecule has 0 radical (unpaired) electrons. The molecule has 0 saturated heterocycles. The highest BCUT2D eigenvalue weighted by Crippen LogP contribution is 2.21. The van der Waals surface area contributed by atoms with E-state index >= 15 is 0 Å². The number of hydrogen-bond donors (Lipinski definition) is 1. The van der Waals surface area contributed by atoms with Gasteiger partial charge in [-0.1, -0.05) is 41.0 Å². The van der Waals surface area contributed by atoms with Crippen LogP contribution in [0.2, 0.25) is 5.02 Å². The molecule has 2 heterocycles. The fourth-order valence-electron chi connectivity index (χ4n) is 2.16. The molecule has 0 unspecified atom stereocenters. The monoisotopic (exact) mass is 330 g/mol. The maximum absolute atomic E-state index is 12.1. The lowest BCUT2D eigenvalue weighted by Gasteiger charge is -2.05. The summed E-state index contributed by atoms with van der Waals surface area (Å²) in [6.07, 6.45) is 3.33. The molecule has 0 fully saturated rings. The van der Waals surface area contributed by atoms with Crippen LogP contribution in [0.25, 0.3) is 0 Å². The van der Waals surface area contributed by atoms with Crippen molar-refractivity contribution in [3.05, 3.63) is 64.3 Å². The Balaban J connectivity index is 1.71. The average Bonchev–Trinajstić information content (AvgIpc) is 3.09. The van der Waals surface area contributed by atoms with Gasteiger partial charge >= 0.3 is 0 Å². The minimum atomic E-state index is -0.453. The fourth-order valence-corrected chi connectivity index (χ4v) is 2.32. The molecule has 6 nitrogen and oxygen atoms in total. The lowest BCUT2D eigenvalue weighted by Crippen LogP contribution is -2.11. The molecule has 1 amide bonds. The zero-order valence-corrected chi connectivity index (χ0v) is 13.5. The number of anilines is 1. The molecule has 118 valence electrons. The van der Waals surface area contributed by atoms with Crippen LogP contribution in [0.5, 0.6) is 0 Å². The van der Waals surface area contributed by atoms with Crippen LogP contribution in [0.3, 0.4) is 0 Å². The number of nitrogens with zero attached hydrogens (tertiary/aromatic N) is 3. The van der Waals surface area contributed by atoms with Gasteiger partial charge in [-0.15, -0.1) is 0 Å². The molecule has 23 heavy (non-hydrogen) atoms. The van der Waals surface area contributed by atoms with Crippen LogP contribution in [-0.2, 0) is 6.54 Å². The summed E-state index contributed by atoms with van der Waals surface area (Å²) in [6, 6.07) is 8.08. The molecule has 7 heteroatoms. The third kappa shape index (κ3) is 3.27. The molecule has 2 aromatic heterocycles. The molecule has 0 aliphatic carbocycles. The van der Waals surface area contributed by atoms with E-state index in [4.69, 9.17) is 16.1 Å². The summed E-state index contributed by atoms with van der Waals surface area (Å²) in [7, 11) is 0. The minimum absolute atomic E-state index is 0.00387. The Morgan fingerprint density at radius 2 is 2.13 bits per heavy atom. The molecule has 1 aromatic carbocycles. The van der Waals surface area contributed by atoms with Crippen LogP contribution in [0.1, 0.15) is 27.4 Å². The Hall–Kier alpha value is -2.60. The fraction of sp³-hybridized carbons (Fsp3) is 0.188. The number of halogens is 1. The van der Waals surface area contributed by atoms with E-state index in [9.17, 15) is 4.79 Å². The molecule has 3 rings (SSSR count). The zero-order chi connectivity index (χ0) is 16.4. The quantitative estimate of drug-likeness (QED) is 0.795. The van der Waals surface area contributed by atoms with Crippen molar-refractivity contribution in [1.29, 1.82) is 0 Å². The van der Waals surface area contributed by atoms with Crippen LogP contribution in [0.15, 0.2) is 41.2 Å². The third-order valence-corrected chi connectivity index (χ3v) is 3.93. The summed E-state index contributed by atoms with van der Waals surface area (Å²) in [6.45, 7) is 4.35. The number of nitrogens with one attached hydrogen (secondary N) is 1. The van der Waals surface area contributed by atoms with Crippen molar-refractivity contribution in [2.45, 2.75) is 20.4 Å². The SMILES string of the molecule is Cc1ccccc1Cn1cc(NC(=O)c2onc(C)c2Cl)cn1. The molecule has 0 atom stereocenters. The van der Waals surface area contributed by atoms with Gasteiger partial charge in [0.25, 0.3) is 5.91 Å². The minimum Gasteiger partial charge on any atom is -0.349 e. The first kappa shape index (κ1) is 15.3. The molecule has 0 saturated carbocycles. The number of aryl methyl sites for hydroxylation is 2. The topological polar surface area (TPSA) is 73.0 Å². The highest BCUT2D eigenvalue weighted by molar-refractivity contribution is 6.34. The number of carbonyl (C=O) groups is 1. The van der Waals surface area contributed by atoms with E-state index < -0.39 is 5.91 Å². The van der Waals surface area contributed by atoms with Crippen molar-refractivity contribution >= 4 is 23.2 Å². The van der Waals surface area contributed by atoms with E-state index in [1.54, 1.807) is 24.0 Å². The molecule has 0 bridgehead atoms. The summed E-state index contributed by atoms with van der Waals surface area (Å²) < 4.78 is 6.68. The number of hydrogen-bond acceptors (Lipinski definition) is 4. The zero-order valence-electron chi connectivity index (χ0n) is 12.7. The van der Waals surface area contributed by atoms with Crippen LogP contribution in [0, 0.1) is 13.8 Å². The van der Waals surface area contributed by atoms with Gasteiger partial charge in [-0.05, 0) is 25.0 Å². The number of benzene rings is 1. The summed E-state index contributed by atoms with van der Waals surface area (Å²) in [5.74, 6) is -0.457. The van der Waals surface area contributed by atoms with Gasteiger partial charge in [-0.3, -0.25) is 9.48 Å². The van der Waals surface area contributed by atoms with E-state index in [1.807, 2.05) is 18.2 Å². The average molecular weight is 331 g/mol. The predicted octanol–water partition coefficient (Wildman–Crippen LogP) is 3.44. The Morgan fingerprint density at radius 1 is 1.35 bits per heavy atom. The second-order valence-electron chi connectivity index (χ2n) is 5.22. The van der Waals surface area contributed by atoms with Crippen molar-refractivity contribution in [1.82, 2.24) is 14.9 Å². The standard InChI is InChI=1S/C16H15ClN4O2/c1-10-5-3-4-6-12(10)8-21-9-13(7-18-21)19-16(22)15-14(17)11(2)20-23-15/h3-7,9H,8H2,1-2H3,(H,19,22). The predicted molar refractivity (Wildman–Crippen MR) is 86.7 cm³/mol. The van der Waals surface area contributed by atoms with Gasteiger partial charge in [0, 0.05) is 6.20 Å². The molecule has 1 N–H and O–H groups in total. The normalized spacial score (nSPS) is 10.7. The van der Waals surface area contributed by atoms with Crippen molar-refractivity contribution in [2.75, 3.05) is 5.32 Å². The van der Waals surface area contributed by atoms with Gasteiger partial charge in [0.15, 0.2) is 0 Å². The van der Waals surface area contributed by atoms with Crippen LogP contribution in [0.4, 0.5) is 5.69 Å². The maximum Gasteiger partial charge on any atom is 0.295 e. The first-order chi connectivity index (χ1) is 11.0. The van der Waals surface area contributed by atoms with E-state index in [1.165, 1.54) is 11.1 Å². The van der Waals surface area contributed by atoms with Gasteiger partial charge in [-0.2, -0.15) is 5.10 Å². The number of amides is 1. The number of rotatable bonds is 4. The maximum atomic E-state index is 12.1. The smallest absolute Gasteiger partial charge is 0.295 e. The first-order valence-electron chi connectivity index (χ1n) is 7.04. The lowest BCUT2D eigenvalue weighted by molar-refractivity contribution is 0.0988. The van der Waals surface area contributed by atoms with E-state index in [-0.39, 0.29) is 10.8 Å². The highest BCUT2D eigenvalue weighted by atomic mass is 35.5. The summed E-state index contributed by atoms with van der Waals surface area (Å²) in [5.41, 5.74) is 3.40. The summed E-state index contributed by atoms with van der Waals surface area (Å²) >= 11 is 5.96. The Kier molecular flexibility index (Phi) is 4.16. The third-order valence-electron chi connectivity index (χ3n) is 3.48. The van der Waals surface area contributed by atoms with Crippen molar-refractivity contribution in [3.8, 4) is 0 Å². The largest absolute Gasteiger partial charge is 0.349 e. The van der Waals surface area contributed by atoms with Crippen molar-refractivity contribution in [2.24, 2.45) is 0 Å². The second-order valence-corrected chi connectivity index (χ2v) is 5.60. The van der Waals surface area contributed by atoms with E-state index in [2.05, 4.69) is 28.6 Å². The Labute approximate surface area is 138 Å². The van der Waals surface area contributed by atoms with Gasteiger partial charge < -0.3 is 9.84 Å². The molecule has 3 aromatic rings. The van der Waals surface area contributed by atoms with Crippen LogP contribution in [-0.4, -0.2) is 20.8 Å². The van der Waals surface area contributed by atoms with Gasteiger partial charge in [0.1, 0.15) is 5.02 Å².